The number of ether oxygens (including phenoxy) is 4. The number of hydrogen-bond acceptors (Lipinski definition) is 16. The number of nitrogens with zero attached hydrogens (tertiary/aromatic N) is 6. The molecule has 0 radical (unpaired) electrons. The van der Waals surface area contributed by atoms with E-state index in [-0.39, 0.29) is 116 Å². The van der Waals surface area contributed by atoms with Gasteiger partial charge in [-0.25, -0.2) is 0 Å². The Balaban J connectivity index is 1.18. The molecule has 0 spiro atoms. The first kappa shape index (κ1) is 75.5. The number of imide groups is 2. The maximum atomic E-state index is 16.6. The van der Waals surface area contributed by atoms with E-state index in [1.807, 2.05) is 110 Å². The molecular formula is C86H98N6O12S2. The first-order valence-electron chi connectivity index (χ1n) is 36.9. The number of carbonyl (C=O) groups is 6. The molecule has 0 bridgehead atoms. The highest BCUT2D eigenvalue weighted by atomic mass is 32.2. The Morgan fingerprint density at radius 1 is 0.368 bits per heavy atom. The Morgan fingerprint density at radius 2 is 0.604 bits per heavy atom. The van der Waals surface area contributed by atoms with Crippen LogP contribution in [-0.2, 0) is 31.2 Å². The Kier molecular flexibility index (Phi) is 21.2. The van der Waals surface area contributed by atoms with E-state index in [4.69, 9.17) is 18.9 Å². The first-order chi connectivity index (χ1) is 50.4. The summed E-state index contributed by atoms with van der Waals surface area (Å²) < 4.78 is 29.6. The van der Waals surface area contributed by atoms with Crippen LogP contribution in [0.1, 0.15) is 160 Å². The Labute approximate surface area is 629 Å². The van der Waals surface area contributed by atoms with Crippen LogP contribution in [0.25, 0.3) is 43.1 Å². The van der Waals surface area contributed by atoms with Crippen LogP contribution in [0.15, 0.2) is 121 Å². The maximum Gasteiger partial charge on any atom is 0.262 e. The van der Waals surface area contributed by atoms with Gasteiger partial charge in [0.2, 0.25) is 11.8 Å². The van der Waals surface area contributed by atoms with Crippen LogP contribution in [0.5, 0.6) is 46.0 Å². The highest BCUT2D eigenvalue weighted by Crippen LogP contribution is 2.58. The van der Waals surface area contributed by atoms with E-state index in [1.165, 1.54) is 23.5 Å². The molecule has 9 aromatic carbocycles. The minimum absolute atomic E-state index is 0.0349. The van der Waals surface area contributed by atoms with Crippen molar-refractivity contribution in [2.24, 2.45) is 0 Å². The van der Waals surface area contributed by atoms with E-state index < -0.39 is 35.7 Å². The molecule has 2 unspecified atom stereocenters. The second kappa shape index (κ2) is 29.8. The van der Waals surface area contributed by atoms with E-state index in [0.29, 0.717) is 132 Å². The lowest BCUT2D eigenvalue weighted by Gasteiger charge is -2.40. The molecule has 556 valence electrons. The molecule has 6 amide bonds. The number of hydrogen-bond donors (Lipinski definition) is 2. The fourth-order valence-corrected chi connectivity index (χ4v) is 16.2. The zero-order valence-electron chi connectivity index (χ0n) is 63.5. The van der Waals surface area contributed by atoms with Crippen molar-refractivity contribution in [3.8, 4) is 46.0 Å². The number of thioether (sulfide) groups is 2. The largest absolute Gasteiger partial charge is 0.457 e. The summed E-state index contributed by atoms with van der Waals surface area (Å²) in [6, 6.07) is 35.1. The number of rotatable bonds is 22. The first-order valence-corrected chi connectivity index (χ1v) is 39.7. The third-order valence-corrected chi connectivity index (χ3v) is 22.6. The number of fused-ring (bicyclic) bond motifs is 2. The molecule has 4 heterocycles. The summed E-state index contributed by atoms with van der Waals surface area (Å²) in [7, 11) is 0. The van der Waals surface area contributed by atoms with Gasteiger partial charge in [-0.05, 0) is 154 Å². The van der Waals surface area contributed by atoms with Gasteiger partial charge in [-0.1, -0.05) is 132 Å². The molecule has 0 saturated carbocycles. The molecule has 2 atom stereocenters. The Hall–Kier alpha value is -8.76. The minimum Gasteiger partial charge on any atom is -0.457 e. The average molecular weight is 1470 g/mol. The van der Waals surface area contributed by atoms with Gasteiger partial charge >= 0.3 is 0 Å². The molecule has 4 aliphatic rings. The SMILES string of the molecule is CSCCC(C(=O)N1CCN(CCO)CC1)N1C(=O)c2cc(Oc3ccc(C(C)(C)C)cc3)c3c4c(Oc5ccc(C(C)(C)C)cc5)cc5c6c(cc(Oc7ccc(C(C)(C)C)cc7)c(c7c(Oc8ccc(C(C)(C)C)cc8)cc(c2c37)C1=O)c64)C(=O)N(C(CCSC)C(=O)N1CCN(CCO)CC1)C5=O. The lowest BCUT2D eigenvalue weighted by Crippen LogP contribution is -2.58. The summed E-state index contributed by atoms with van der Waals surface area (Å²) in [6.07, 6.45) is 4.14. The van der Waals surface area contributed by atoms with Crippen LogP contribution in [-0.4, -0.2) is 190 Å². The summed E-state index contributed by atoms with van der Waals surface area (Å²) in [4.78, 5) is 107. The predicted octanol–water partition coefficient (Wildman–Crippen LogP) is 15.8. The lowest BCUT2D eigenvalue weighted by atomic mass is 9.80. The van der Waals surface area contributed by atoms with Crippen molar-refractivity contribution in [2.45, 2.75) is 130 Å². The zero-order chi connectivity index (χ0) is 75.6. The van der Waals surface area contributed by atoms with Crippen LogP contribution in [0, 0.1) is 0 Å². The number of amides is 6. The fourth-order valence-electron chi connectivity index (χ4n) is 15.3. The second-order valence-electron chi connectivity index (χ2n) is 32.5. The van der Waals surface area contributed by atoms with Crippen molar-refractivity contribution in [3.05, 3.63) is 166 Å². The molecule has 106 heavy (non-hydrogen) atoms. The van der Waals surface area contributed by atoms with Gasteiger partial charge in [0, 0.05) is 109 Å². The van der Waals surface area contributed by atoms with Crippen molar-refractivity contribution < 1.29 is 57.9 Å². The molecule has 0 aromatic heterocycles. The van der Waals surface area contributed by atoms with Gasteiger partial charge in [0.15, 0.2) is 0 Å². The maximum absolute atomic E-state index is 16.6. The number of aliphatic hydroxyl groups excluding tert-OH is 2. The molecule has 13 rings (SSSR count). The molecular weight excluding hydrogens is 1370 g/mol. The summed E-state index contributed by atoms with van der Waals surface area (Å²) in [5.74, 6) is -0.648. The summed E-state index contributed by atoms with van der Waals surface area (Å²) in [5, 5.41) is 22.2. The standard InChI is InChI=1S/C86H98N6O12S2/c1-83(2,3)51-15-23-55(24-16-51)101-65-47-59-69-60(78(96)91(77(59)95)63(31-45-105-13)81(99)89-37-33-87(34-38-89)41-43-93)49-67(103-57-27-19-53(20-28-57)85(7,8)9)73-74-68(104-58-29-21-54(22-30-58)86(10,11)12)50-62-70-61(48-66(72(76(70)74)71(65)75(69)73)102-56-25-17-52(18-26-56)84(4,5)6)79(97)92(80(62)98)64(32-46-106-14)82(100)90-39-35-88(36-40-90)42-44-94/h15-30,47-50,63-64,93-94H,31-46H2,1-14H3. The van der Waals surface area contributed by atoms with Gasteiger partial charge in [-0.3, -0.25) is 48.4 Å². The lowest BCUT2D eigenvalue weighted by molar-refractivity contribution is -0.138. The van der Waals surface area contributed by atoms with Crippen LogP contribution in [0.2, 0.25) is 0 Å². The van der Waals surface area contributed by atoms with Gasteiger partial charge in [0.25, 0.3) is 23.6 Å². The Bertz CT molecular complexity index is 4310. The van der Waals surface area contributed by atoms with Crippen molar-refractivity contribution in [1.82, 2.24) is 29.4 Å². The zero-order valence-corrected chi connectivity index (χ0v) is 65.1. The fraction of sp³-hybridized carbons (Fsp3) is 0.419. The van der Waals surface area contributed by atoms with Gasteiger partial charge < -0.3 is 39.0 Å². The second-order valence-corrected chi connectivity index (χ2v) is 34.5. The monoisotopic (exact) mass is 1470 g/mol. The van der Waals surface area contributed by atoms with Gasteiger partial charge in [-0.15, -0.1) is 0 Å². The quantitative estimate of drug-likeness (QED) is 0.0368. The molecule has 2 saturated heterocycles. The number of aliphatic hydroxyl groups is 2. The van der Waals surface area contributed by atoms with Crippen LogP contribution in [0.4, 0.5) is 0 Å². The van der Waals surface area contributed by atoms with Crippen molar-refractivity contribution >= 4 is 102 Å². The van der Waals surface area contributed by atoms with Crippen LogP contribution in [0.3, 0.4) is 0 Å². The van der Waals surface area contributed by atoms with E-state index in [0.717, 1.165) is 32.1 Å². The summed E-state index contributed by atoms with van der Waals surface area (Å²) in [5.41, 5.74) is 3.39. The minimum atomic E-state index is -1.24. The van der Waals surface area contributed by atoms with E-state index in [9.17, 15) is 10.2 Å². The van der Waals surface area contributed by atoms with E-state index in [2.05, 4.69) is 92.9 Å². The molecule has 4 aliphatic heterocycles. The predicted molar refractivity (Wildman–Crippen MR) is 423 cm³/mol. The van der Waals surface area contributed by atoms with Crippen LogP contribution >= 0.6 is 23.5 Å². The van der Waals surface area contributed by atoms with Gasteiger partial charge in [-0.2, -0.15) is 23.5 Å². The number of carbonyl (C=O) groups excluding carboxylic acids is 6. The normalized spacial score (nSPS) is 16.3. The average Bonchev–Trinajstić information content (AvgIpc) is 0.673. The Morgan fingerprint density at radius 3 is 0.811 bits per heavy atom. The van der Waals surface area contributed by atoms with Gasteiger partial charge in [0.05, 0.1) is 35.5 Å². The van der Waals surface area contributed by atoms with E-state index in [1.54, 1.807) is 34.1 Å². The smallest absolute Gasteiger partial charge is 0.262 e. The van der Waals surface area contributed by atoms with Crippen LogP contribution < -0.4 is 18.9 Å². The summed E-state index contributed by atoms with van der Waals surface area (Å²) >= 11 is 3.00. The summed E-state index contributed by atoms with van der Waals surface area (Å²) in [6.45, 7) is 29.6. The molecule has 0 aliphatic carbocycles. The molecule has 18 nitrogen and oxygen atoms in total. The molecule has 2 N–H and O–H groups in total. The number of piperazine rings is 2. The number of β-amino-alcohol motifs (C(OH)–C–C–N with tert-alkyl or cyclic N) is 2. The molecule has 9 aromatic rings. The molecule has 2 fully saturated rings. The third kappa shape index (κ3) is 14.5. The van der Waals surface area contributed by atoms with E-state index >= 15 is 28.8 Å². The highest BCUT2D eigenvalue weighted by Gasteiger charge is 2.48. The topological polar surface area (TPSA) is 199 Å². The van der Waals surface area contributed by atoms with Gasteiger partial charge in [0.1, 0.15) is 58.1 Å². The van der Waals surface area contributed by atoms with Crippen molar-refractivity contribution in [2.75, 3.05) is 103 Å². The van der Waals surface area contributed by atoms with Crippen molar-refractivity contribution in [1.29, 1.82) is 0 Å². The van der Waals surface area contributed by atoms with Crippen molar-refractivity contribution in [3.63, 3.8) is 0 Å². The number of benzene rings is 9. The highest BCUT2D eigenvalue weighted by molar-refractivity contribution is 7.98. The molecule has 20 heteroatoms. The third-order valence-electron chi connectivity index (χ3n) is 21.3.